The average molecular weight is 385 g/mol. The summed E-state index contributed by atoms with van der Waals surface area (Å²) < 4.78 is 6.40. The fourth-order valence-corrected chi connectivity index (χ4v) is 3.29. The van der Waals surface area contributed by atoms with Crippen molar-refractivity contribution in [1.29, 1.82) is 0 Å². The van der Waals surface area contributed by atoms with E-state index in [-0.39, 0.29) is 5.78 Å². The summed E-state index contributed by atoms with van der Waals surface area (Å²) in [4.78, 5) is 11.8. The summed E-state index contributed by atoms with van der Waals surface area (Å²) in [5, 5.41) is 0.574. The molecule has 0 spiro atoms. The lowest BCUT2D eigenvalue weighted by Gasteiger charge is -2.19. The summed E-state index contributed by atoms with van der Waals surface area (Å²) in [7, 11) is 0. The Hall–Kier alpha value is -0.000000000000000167. The Labute approximate surface area is 124 Å². The van der Waals surface area contributed by atoms with Gasteiger partial charge < -0.3 is 4.74 Å². The number of ether oxygens (including phenoxy) is 1. The second-order valence-corrected chi connectivity index (χ2v) is 5.76. The number of carbonyl (C=O) groups is 1. The fraction of sp³-hybridized carbons (Fsp3) is 0.417. The minimum Gasteiger partial charge on any atom is -0.490 e. The topological polar surface area (TPSA) is 26.3 Å². The van der Waals surface area contributed by atoms with Gasteiger partial charge in [0.2, 0.25) is 0 Å². The first-order valence-corrected chi connectivity index (χ1v) is 7.37. The van der Waals surface area contributed by atoms with Gasteiger partial charge in [0, 0.05) is 12.0 Å². The van der Waals surface area contributed by atoms with E-state index in [1.165, 1.54) is 0 Å². The number of hydrogen-bond acceptors (Lipinski definition) is 2. The molecule has 0 atom stereocenters. The van der Waals surface area contributed by atoms with Crippen LogP contribution >= 0.6 is 45.8 Å². The van der Waals surface area contributed by atoms with Gasteiger partial charge in [0.1, 0.15) is 6.61 Å². The fourth-order valence-electron chi connectivity index (χ4n) is 1.97. The maximum atomic E-state index is 11.8. The molecule has 1 aliphatic carbocycles. The van der Waals surface area contributed by atoms with E-state index in [1.807, 2.05) is 6.07 Å². The van der Waals surface area contributed by atoms with Gasteiger partial charge in [-0.15, -0.1) is 11.6 Å². The van der Waals surface area contributed by atoms with E-state index in [4.69, 9.17) is 27.9 Å². The first-order chi connectivity index (χ1) is 8.15. The maximum absolute atomic E-state index is 11.8. The predicted molar refractivity (Wildman–Crippen MR) is 77.7 cm³/mol. The summed E-state index contributed by atoms with van der Waals surface area (Å²) in [6.07, 6.45) is 2.32. The first-order valence-electron chi connectivity index (χ1n) is 5.38. The summed E-state index contributed by atoms with van der Waals surface area (Å²) in [5.74, 6) is 1.25. The molecule has 17 heavy (non-hydrogen) atoms. The lowest BCUT2D eigenvalue weighted by atomic mass is 9.90. The van der Waals surface area contributed by atoms with Crippen molar-refractivity contribution in [3.63, 3.8) is 0 Å². The third-order valence-corrected chi connectivity index (χ3v) is 4.09. The van der Waals surface area contributed by atoms with Gasteiger partial charge in [-0.25, -0.2) is 0 Å². The molecule has 0 fully saturated rings. The van der Waals surface area contributed by atoms with Gasteiger partial charge in [0.25, 0.3) is 0 Å². The van der Waals surface area contributed by atoms with Gasteiger partial charge in [0.05, 0.1) is 14.5 Å². The number of Topliss-reactive ketones (excluding diaryl/α,β-unsaturated/α-hetero) is 1. The zero-order chi connectivity index (χ0) is 12.4. The zero-order valence-corrected chi connectivity index (χ0v) is 12.7. The third kappa shape index (κ3) is 2.71. The van der Waals surface area contributed by atoms with Gasteiger partial charge in [-0.3, -0.25) is 4.79 Å². The van der Waals surface area contributed by atoms with Crippen LogP contribution in [0, 0.1) is 3.57 Å². The van der Waals surface area contributed by atoms with Crippen LogP contribution in [0.4, 0.5) is 0 Å². The van der Waals surface area contributed by atoms with Crippen molar-refractivity contribution >= 4 is 51.6 Å². The highest BCUT2D eigenvalue weighted by Crippen LogP contribution is 2.38. The number of hydrogen-bond donors (Lipinski definition) is 0. The van der Waals surface area contributed by atoms with Gasteiger partial charge in [-0.2, -0.15) is 0 Å². The Kier molecular flexibility index (Phi) is 4.55. The minimum atomic E-state index is 0.176. The Bertz CT molecular complexity index is 460. The summed E-state index contributed by atoms with van der Waals surface area (Å²) in [5.41, 5.74) is 1.68. The summed E-state index contributed by atoms with van der Waals surface area (Å²) in [6.45, 7) is 0.421. The second-order valence-electron chi connectivity index (χ2n) is 3.84. The average Bonchev–Trinajstić information content (AvgIpc) is 2.31. The molecule has 0 radical (unpaired) electrons. The second kappa shape index (κ2) is 5.76. The first kappa shape index (κ1) is 13.4. The molecule has 1 aromatic carbocycles. The highest BCUT2D eigenvalue weighted by molar-refractivity contribution is 14.1. The molecule has 0 N–H and O–H groups in total. The van der Waals surface area contributed by atoms with Gasteiger partial charge in [0.15, 0.2) is 11.5 Å². The van der Waals surface area contributed by atoms with Crippen molar-refractivity contribution in [1.82, 2.24) is 0 Å². The van der Waals surface area contributed by atoms with Gasteiger partial charge in [-0.05, 0) is 47.1 Å². The van der Waals surface area contributed by atoms with Crippen molar-refractivity contribution in [3.8, 4) is 5.75 Å². The van der Waals surface area contributed by atoms with Crippen LogP contribution in [0.15, 0.2) is 6.07 Å². The van der Waals surface area contributed by atoms with Crippen LogP contribution in [-0.2, 0) is 6.42 Å². The predicted octanol–water partition coefficient (Wildman–Crippen LogP) is 4.08. The Morgan fingerprint density at radius 1 is 1.41 bits per heavy atom. The van der Waals surface area contributed by atoms with Crippen LogP contribution < -0.4 is 4.74 Å². The van der Waals surface area contributed by atoms with Gasteiger partial charge in [-0.1, -0.05) is 11.6 Å². The molecule has 0 heterocycles. The van der Waals surface area contributed by atoms with Crippen molar-refractivity contribution in [3.05, 3.63) is 25.8 Å². The molecule has 1 aliphatic rings. The van der Waals surface area contributed by atoms with E-state index in [9.17, 15) is 4.79 Å². The summed E-state index contributed by atoms with van der Waals surface area (Å²) >= 11 is 14.0. The Morgan fingerprint density at radius 2 is 2.18 bits per heavy atom. The summed E-state index contributed by atoms with van der Waals surface area (Å²) in [6, 6.07) is 1.87. The smallest absolute Gasteiger partial charge is 0.163 e. The van der Waals surface area contributed by atoms with Crippen LogP contribution in [-0.4, -0.2) is 18.3 Å². The van der Waals surface area contributed by atoms with Crippen LogP contribution in [0.5, 0.6) is 5.75 Å². The number of halogens is 3. The number of ketones is 1. The monoisotopic (exact) mass is 384 g/mol. The van der Waals surface area contributed by atoms with Crippen molar-refractivity contribution in [2.75, 3.05) is 12.5 Å². The highest BCUT2D eigenvalue weighted by Gasteiger charge is 2.23. The number of carbonyl (C=O) groups excluding carboxylic acids is 1. The maximum Gasteiger partial charge on any atom is 0.163 e. The molecule has 0 aliphatic heterocycles. The molecule has 92 valence electrons. The molecule has 5 heteroatoms. The van der Waals surface area contributed by atoms with Crippen molar-refractivity contribution in [2.45, 2.75) is 19.3 Å². The van der Waals surface area contributed by atoms with E-state index >= 15 is 0 Å². The minimum absolute atomic E-state index is 0.176. The van der Waals surface area contributed by atoms with Crippen molar-refractivity contribution < 1.29 is 9.53 Å². The van der Waals surface area contributed by atoms with Crippen molar-refractivity contribution in [2.24, 2.45) is 0 Å². The highest BCUT2D eigenvalue weighted by atomic mass is 127. The normalized spacial score (nSPS) is 14.6. The van der Waals surface area contributed by atoms with E-state index < -0.39 is 0 Å². The molecule has 0 saturated heterocycles. The Balaban J connectivity index is 2.46. The van der Waals surface area contributed by atoms with E-state index in [0.717, 1.165) is 27.5 Å². The molecular formula is C12H11Cl2IO2. The number of alkyl halides is 1. The molecule has 1 aromatic rings. The number of rotatable bonds is 3. The SMILES string of the molecule is O=C1CCCc2c1cc(I)c(OCCCl)c2Cl. The standard InChI is InChI=1S/C12H11Cl2IO2/c13-4-5-17-12-9(15)6-8-7(11(12)14)2-1-3-10(8)16/h6H,1-5H2. The van der Waals surface area contributed by atoms with Crippen LogP contribution in [0.25, 0.3) is 0 Å². The lowest BCUT2D eigenvalue weighted by molar-refractivity contribution is 0.0972. The molecule has 0 amide bonds. The third-order valence-electron chi connectivity index (χ3n) is 2.73. The molecular weight excluding hydrogens is 374 g/mol. The van der Waals surface area contributed by atoms with Crippen LogP contribution in [0.2, 0.25) is 5.02 Å². The molecule has 0 aromatic heterocycles. The number of fused-ring (bicyclic) bond motifs is 1. The quantitative estimate of drug-likeness (QED) is 0.579. The molecule has 2 nitrogen and oxygen atoms in total. The lowest BCUT2D eigenvalue weighted by Crippen LogP contribution is -2.13. The van der Waals surface area contributed by atoms with E-state index in [0.29, 0.717) is 29.7 Å². The number of benzene rings is 1. The van der Waals surface area contributed by atoms with E-state index in [2.05, 4.69) is 22.6 Å². The Morgan fingerprint density at radius 3 is 2.88 bits per heavy atom. The molecule has 0 bridgehead atoms. The zero-order valence-electron chi connectivity index (χ0n) is 9.06. The van der Waals surface area contributed by atoms with Crippen LogP contribution in [0.1, 0.15) is 28.8 Å². The molecule has 0 unspecified atom stereocenters. The van der Waals surface area contributed by atoms with Gasteiger partial charge >= 0.3 is 0 Å². The largest absolute Gasteiger partial charge is 0.490 e. The molecule has 2 rings (SSSR count). The molecule has 0 saturated carbocycles. The van der Waals surface area contributed by atoms with Crippen LogP contribution in [0.3, 0.4) is 0 Å². The van der Waals surface area contributed by atoms with E-state index in [1.54, 1.807) is 0 Å².